The monoisotopic (exact) mass is 439 g/mol. The van der Waals surface area contributed by atoms with Crippen LogP contribution in [0.1, 0.15) is 11.1 Å². The number of allylic oxidation sites excluding steroid dienone is 1. The van der Waals surface area contributed by atoms with Crippen LogP contribution in [0.25, 0.3) is 0 Å². The van der Waals surface area contributed by atoms with E-state index in [9.17, 15) is 26.4 Å². The van der Waals surface area contributed by atoms with E-state index in [1.807, 2.05) is 0 Å². The molecule has 0 bridgehead atoms. The highest BCUT2D eigenvalue weighted by Crippen LogP contribution is 2.35. The highest BCUT2D eigenvalue weighted by atomic mass is 32.2. The van der Waals surface area contributed by atoms with Crippen LogP contribution < -0.4 is 4.90 Å². The van der Waals surface area contributed by atoms with Crippen molar-refractivity contribution in [2.45, 2.75) is 17.5 Å². The van der Waals surface area contributed by atoms with Gasteiger partial charge in [-0.3, -0.25) is 4.79 Å². The fourth-order valence-electron chi connectivity index (χ4n) is 3.21. The molecule has 0 amide bonds. The maximum atomic E-state index is 13.2. The lowest BCUT2D eigenvalue weighted by molar-refractivity contribution is -0.137. The smallest absolute Gasteiger partial charge is 0.353 e. The van der Waals surface area contributed by atoms with Crippen LogP contribution >= 0.6 is 0 Å². The van der Waals surface area contributed by atoms with Crippen LogP contribution in [0.2, 0.25) is 0 Å². The third-order valence-corrected chi connectivity index (χ3v) is 6.71. The van der Waals surface area contributed by atoms with Crippen molar-refractivity contribution in [1.82, 2.24) is 9.29 Å². The molecule has 0 saturated carbocycles. The Morgan fingerprint density at radius 2 is 1.73 bits per heavy atom. The Morgan fingerprint density at radius 3 is 2.30 bits per heavy atom. The molecule has 30 heavy (non-hydrogen) atoms. The van der Waals surface area contributed by atoms with Crippen LogP contribution in [0.4, 0.5) is 19.0 Å². The van der Waals surface area contributed by atoms with Gasteiger partial charge in [-0.1, -0.05) is 18.7 Å². The van der Waals surface area contributed by atoms with Crippen molar-refractivity contribution in [2.75, 3.05) is 31.1 Å². The molecular formula is C20H20F3N3O3S. The second-order valence-corrected chi connectivity index (χ2v) is 8.69. The molecule has 1 aromatic carbocycles. The average Bonchev–Trinajstić information content (AvgIpc) is 2.73. The summed E-state index contributed by atoms with van der Waals surface area (Å²) in [4.78, 5) is 16.8. The number of anilines is 1. The summed E-state index contributed by atoms with van der Waals surface area (Å²) in [5.41, 5.74) is -0.176. The zero-order chi connectivity index (χ0) is 21.9. The Labute approximate surface area is 172 Å². The molecule has 10 heteroatoms. The third kappa shape index (κ3) is 4.71. The number of pyridine rings is 1. The molecule has 0 spiro atoms. The average molecular weight is 439 g/mol. The van der Waals surface area contributed by atoms with E-state index < -0.39 is 21.8 Å². The lowest BCUT2D eigenvalue weighted by Gasteiger charge is -2.35. The predicted molar refractivity (Wildman–Crippen MR) is 106 cm³/mol. The number of nitrogens with zero attached hydrogens (tertiary/aromatic N) is 3. The van der Waals surface area contributed by atoms with Gasteiger partial charge in [-0.05, 0) is 35.9 Å². The fraction of sp³-hybridized carbons (Fsp3) is 0.300. The normalized spacial score (nSPS) is 15.8. The van der Waals surface area contributed by atoms with Gasteiger partial charge >= 0.3 is 6.18 Å². The van der Waals surface area contributed by atoms with Gasteiger partial charge in [0.25, 0.3) is 0 Å². The molecule has 1 aromatic heterocycles. The summed E-state index contributed by atoms with van der Waals surface area (Å²) in [5.74, 6) is -0.368. The number of benzene rings is 1. The van der Waals surface area contributed by atoms with E-state index in [1.165, 1.54) is 39.7 Å². The van der Waals surface area contributed by atoms with Gasteiger partial charge in [0.2, 0.25) is 10.0 Å². The van der Waals surface area contributed by atoms with Crippen molar-refractivity contribution in [2.24, 2.45) is 0 Å². The first-order chi connectivity index (χ1) is 14.1. The lowest BCUT2D eigenvalue weighted by atomic mass is 10.1. The predicted octanol–water partition coefficient (Wildman–Crippen LogP) is 2.91. The molecule has 0 N–H and O–H groups in total. The maximum Gasteiger partial charge on any atom is 0.419 e. The molecule has 0 radical (unpaired) electrons. The second kappa shape index (κ2) is 8.57. The highest BCUT2D eigenvalue weighted by Gasteiger charge is 2.37. The number of ketones is 1. The van der Waals surface area contributed by atoms with Gasteiger partial charge in [-0.25, -0.2) is 13.4 Å². The summed E-state index contributed by atoms with van der Waals surface area (Å²) in [5, 5.41) is 0. The largest absolute Gasteiger partial charge is 0.419 e. The van der Waals surface area contributed by atoms with Crippen LogP contribution in [-0.4, -0.2) is 49.7 Å². The van der Waals surface area contributed by atoms with Crippen molar-refractivity contribution >= 4 is 21.6 Å². The second-order valence-electron chi connectivity index (χ2n) is 6.75. The molecule has 2 aromatic rings. The molecule has 6 nitrogen and oxygen atoms in total. The van der Waals surface area contributed by atoms with E-state index in [2.05, 4.69) is 11.6 Å². The summed E-state index contributed by atoms with van der Waals surface area (Å²) >= 11 is 0. The Bertz CT molecular complexity index is 1030. The molecule has 1 saturated heterocycles. The van der Waals surface area contributed by atoms with Crippen LogP contribution in [0.5, 0.6) is 0 Å². The van der Waals surface area contributed by atoms with Gasteiger partial charge < -0.3 is 4.90 Å². The number of aromatic nitrogens is 1. The third-order valence-electron chi connectivity index (χ3n) is 4.80. The summed E-state index contributed by atoms with van der Waals surface area (Å²) in [6, 6.07) is 8.16. The van der Waals surface area contributed by atoms with Crippen LogP contribution in [0.15, 0.2) is 60.1 Å². The quantitative estimate of drug-likeness (QED) is 0.648. The number of alkyl halides is 3. The van der Waals surface area contributed by atoms with Gasteiger partial charge in [-0.15, -0.1) is 0 Å². The van der Waals surface area contributed by atoms with E-state index >= 15 is 0 Å². The topological polar surface area (TPSA) is 70.6 Å². The van der Waals surface area contributed by atoms with E-state index in [0.29, 0.717) is 5.56 Å². The van der Waals surface area contributed by atoms with Crippen molar-refractivity contribution in [3.8, 4) is 0 Å². The summed E-state index contributed by atoms with van der Waals surface area (Å²) in [7, 11) is -3.80. The number of piperazine rings is 1. The Balaban J connectivity index is 1.72. The first kappa shape index (κ1) is 22.0. The standard InChI is InChI=1S/C20H20F3N3O3S/c1-2-16(27)14-15-5-7-17(8-6-15)30(28,29)26-12-10-25(11-13-26)19-18(20(21,22)23)4-3-9-24-19/h2-9H,1,10-14H2. The molecule has 1 aliphatic rings. The molecule has 0 unspecified atom stereocenters. The van der Waals surface area contributed by atoms with Crippen LogP contribution in [0.3, 0.4) is 0 Å². The van der Waals surface area contributed by atoms with Crippen molar-refractivity contribution < 1.29 is 26.4 Å². The molecule has 160 valence electrons. The van der Waals surface area contributed by atoms with Crippen molar-refractivity contribution in [3.05, 3.63) is 66.4 Å². The Kier molecular flexibility index (Phi) is 6.27. The van der Waals surface area contributed by atoms with E-state index in [1.54, 1.807) is 12.1 Å². The van der Waals surface area contributed by atoms with Gasteiger partial charge in [0.05, 0.1) is 10.5 Å². The fourth-order valence-corrected chi connectivity index (χ4v) is 4.63. The Hall–Kier alpha value is -2.72. The first-order valence-corrected chi connectivity index (χ1v) is 10.6. The molecular weight excluding hydrogens is 419 g/mol. The molecule has 1 fully saturated rings. The molecule has 0 atom stereocenters. The summed E-state index contributed by atoms with van der Waals surface area (Å²) in [6.07, 6.45) is -1.92. The van der Waals surface area contributed by atoms with E-state index in [0.717, 1.165) is 6.07 Å². The zero-order valence-electron chi connectivity index (χ0n) is 16.0. The summed E-state index contributed by atoms with van der Waals surface area (Å²) < 4.78 is 66.7. The van der Waals surface area contributed by atoms with E-state index in [4.69, 9.17) is 0 Å². The van der Waals surface area contributed by atoms with Gasteiger partial charge in [0, 0.05) is 38.8 Å². The van der Waals surface area contributed by atoms with Gasteiger partial charge in [0.15, 0.2) is 5.78 Å². The molecule has 0 aliphatic carbocycles. The van der Waals surface area contributed by atoms with Crippen molar-refractivity contribution in [3.63, 3.8) is 0 Å². The minimum Gasteiger partial charge on any atom is -0.353 e. The molecule has 3 rings (SSSR count). The number of rotatable bonds is 6. The SMILES string of the molecule is C=CC(=O)Cc1ccc(S(=O)(=O)N2CCN(c3ncccc3C(F)(F)F)CC2)cc1. The minimum atomic E-state index is -4.54. The van der Waals surface area contributed by atoms with Crippen LogP contribution in [0, 0.1) is 0 Å². The lowest BCUT2D eigenvalue weighted by Crippen LogP contribution is -2.49. The number of halogens is 3. The number of carbonyl (C=O) groups excluding carboxylic acids is 1. The Morgan fingerprint density at radius 1 is 1.10 bits per heavy atom. The number of sulfonamides is 1. The molecule has 1 aliphatic heterocycles. The maximum absolute atomic E-state index is 13.2. The molecule has 2 heterocycles. The van der Waals surface area contributed by atoms with E-state index in [-0.39, 0.29) is 49.1 Å². The number of carbonyl (C=O) groups is 1. The van der Waals surface area contributed by atoms with Gasteiger partial charge in [-0.2, -0.15) is 17.5 Å². The zero-order valence-corrected chi connectivity index (χ0v) is 16.8. The first-order valence-electron chi connectivity index (χ1n) is 9.14. The minimum absolute atomic E-state index is 0.0346. The number of hydrogen-bond donors (Lipinski definition) is 0. The van der Waals surface area contributed by atoms with Gasteiger partial charge in [0.1, 0.15) is 5.82 Å². The highest BCUT2D eigenvalue weighted by molar-refractivity contribution is 7.89. The van der Waals surface area contributed by atoms with Crippen molar-refractivity contribution in [1.29, 1.82) is 0 Å². The summed E-state index contributed by atoms with van der Waals surface area (Å²) in [6.45, 7) is 3.64. The van der Waals surface area contributed by atoms with Crippen LogP contribution in [-0.2, 0) is 27.4 Å². The number of hydrogen-bond acceptors (Lipinski definition) is 5.